The number of hydrogen-bond donors (Lipinski definition) is 2. The summed E-state index contributed by atoms with van der Waals surface area (Å²) >= 11 is 0. The number of rotatable bonds is 5. The third-order valence-electron chi connectivity index (χ3n) is 2.62. The maximum absolute atomic E-state index is 5.59. The van der Waals surface area contributed by atoms with Gasteiger partial charge in [-0.15, -0.1) is 0 Å². The molecule has 0 aliphatic carbocycles. The molecule has 1 aromatic rings. The van der Waals surface area contributed by atoms with E-state index in [0.717, 1.165) is 17.1 Å². The number of benzene rings is 1. The SMILES string of the molecule is COc1cccc(OC)c1C(NN)C(C)C. The smallest absolute Gasteiger partial charge is 0.127 e. The van der Waals surface area contributed by atoms with E-state index < -0.39 is 0 Å². The van der Waals surface area contributed by atoms with Crippen molar-refractivity contribution in [3.8, 4) is 11.5 Å². The number of methoxy groups -OCH3 is 2. The molecule has 0 fully saturated rings. The molecule has 0 spiro atoms. The van der Waals surface area contributed by atoms with Crippen LogP contribution in [0.3, 0.4) is 0 Å². The molecule has 3 N–H and O–H groups in total. The lowest BCUT2D eigenvalue weighted by Gasteiger charge is -2.24. The number of nitrogens with one attached hydrogen (secondary N) is 1. The molecule has 1 rings (SSSR count). The summed E-state index contributed by atoms with van der Waals surface area (Å²) in [5.74, 6) is 7.51. The Hall–Kier alpha value is -1.26. The van der Waals surface area contributed by atoms with Gasteiger partial charge in [-0.2, -0.15) is 0 Å². The topological polar surface area (TPSA) is 56.5 Å². The van der Waals surface area contributed by atoms with Crippen molar-refractivity contribution in [1.29, 1.82) is 0 Å². The van der Waals surface area contributed by atoms with Crippen molar-refractivity contribution in [3.05, 3.63) is 23.8 Å². The van der Waals surface area contributed by atoms with Gasteiger partial charge in [-0.05, 0) is 18.1 Å². The van der Waals surface area contributed by atoms with Gasteiger partial charge in [0.05, 0.1) is 25.8 Å². The predicted octanol–water partition coefficient (Wildman–Crippen LogP) is 1.86. The van der Waals surface area contributed by atoms with Crippen molar-refractivity contribution in [2.24, 2.45) is 11.8 Å². The zero-order valence-corrected chi connectivity index (χ0v) is 10.3. The summed E-state index contributed by atoms with van der Waals surface area (Å²) in [7, 11) is 3.29. The van der Waals surface area contributed by atoms with E-state index in [4.69, 9.17) is 15.3 Å². The number of hydrogen-bond acceptors (Lipinski definition) is 4. The summed E-state index contributed by atoms with van der Waals surface area (Å²) in [5.41, 5.74) is 3.77. The van der Waals surface area contributed by atoms with Crippen molar-refractivity contribution in [3.63, 3.8) is 0 Å². The average molecular weight is 224 g/mol. The molecule has 4 nitrogen and oxygen atoms in total. The summed E-state index contributed by atoms with van der Waals surface area (Å²) in [5, 5.41) is 0. The quantitative estimate of drug-likeness (QED) is 0.592. The van der Waals surface area contributed by atoms with Gasteiger partial charge >= 0.3 is 0 Å². The summed E-state index contributed by atoms with van der Waals surface area (Å²) in [6.07, 6.45) is 0. The van der Waals surface area contributed by atoms with Gasteiger partial charge in [-0.3, -0.25) is 11.3 Å². The second kappa shape index (κ2) is 5.72. The highest BCUT2D eigenvalue weighted by atomic mass is 16.5. The third-order valence-corrected chi connectivity index (χ3v) is 2.62. The first kappa shape index (κ1) is 12.8. The standard InChI is InChI=1S/C12H20N2O2/c1-8(2)12(14-13)11-9(15-3)6-5-7-10(11)16-4/h5-8,12,14H,13H2,1-4H3. The lowest BCUT2D eigenvalue weighted by atomic mass is 9.95. The fourth-order valence-electron chi connectivity index (χ4n) is 1.80. The number of hydrazine groups is 1. The van der Waals surface area contributed by atoms with Crippen LogP contribution in [-0.2, 0) is 0 Å². The van der Waals surface area contributed by atoms with Crippen LogP contribution in [0.4, 0.5) is 0 Å². The van der Waals surface area contributed by atoms with Gasteiger partial charge in [-0.1, -0.05) is 19.9 Å². The maximum atomic E-state index is 5.59. The van der Waals surface area contributed by atoms with Gasteiger partial charge in [0.1, 0.15) is 11.5 Å². The highest BCUT2D eigenvalue weighted by Gasteiger charge is 2.22. The minimum absolute atomic E-state index is 0.00565. The summed E-state index contributed by atoms with van der Waals surface area (Å²) in [4.78, 5) is 0. The van der Waals surface area contributed by atoms with Crippen LogP contribution in [0.1, 0.15) is 25.5 Å². The Labute approximate surface area is 96.7 Å². The van der Waals surface area contributed by atoms with Crippen LogP contribution in [0.25, 0.3) is 0 Å². The Bertz CT molecular complexity index is 318. The Balaban J connectivity index is 3.26. The molecule has 0 aliphatic rings. The van der Waals surface area contributed by atoms with E-state index in [-0.39, 0.29) is 6.04 Å². The second-order valence-electron chi connectivity index (χ2n) is 3.96. The van der Waals surface area contributed by atoms with Crippen LogP contribution >= 0.6 is 0 Å². The van der Waals surface area contributed by atoms with Crippen molar-refractivity contribution in [2.75, 3.05) is 14.2 Å². The zero-order valence-electron chi connectivity index (χ0n) is 10.3. The van der Waals surface area contributed by atoms with E-state index in [2.05, 4.69) is 19.3 Å². The molecule has 0 saturated carbocycles. The number of nitrogens with two attached hydrogens (primary N) is 1. The van der Waals surface area contributed by atoms with Gasteiger partial charge in [0.25, 0.3) is 0 Å². The lowest BCUT2D eigenvalue weighted by molar-refractivity contribution is 0.346. The summed E-state index contributed by atoms with van der Waals surface area (Å²) in [6.45, 7) is 4.19. The Morgan fingerprint density at radius 3 is 1.94 bits per heavy atom. The van der Waals surface area contributed by atoms with Crippen LogP contribution in [0, 0.1) is 5.92 Å². The van der Waals surface area contributed by atoms with Gasteiger partial charge in [0.2, 0.25) is 0 Å². The van der Waals surface area contributed by atoms with Crippen LogP contribution in [0.2, 0.25) is 0 Å². The van der Waals surface area contributed by atoms with Gasteiger partial charge in [-0.25, -0.2) is 0 Å². The molecule has 0 heterocycles. The van der Waals surface area contributed by atoms with Crippen LogP contribution < -0.4 is 20.7 Å². The lowest BCUT2D eigenvalue weighted by Crippen LogP contribution is -2.32. The molecule has 0 radical (unpaired) electrons. The molecule has 1 atom stereocenters. The summed E-state index contributed by atoms with van der Waals surface area (Å²) < 4.78 is 10.7. The van der Waals surface area contributed by atoms with Crippen molar-refractivity contribution in [1.82, 2.24) is 5.43 Å². The van der Waals surface area contributed by atoms with E-state index in [1.807, 2.05) is 18.2 Å². The molecule has 90 valence electrons. The van der Waals surface area contributed by atoms with Crippen molar-refractivity contribution >= 4 is 0 Å². The minimum Gasteiger partial charge on any atom is -0.496 e. The largest absolute Gasteiger partial charge is 0.496 e. The average Bonchev–Trinajstić information content (AvgIpc) is 2.29. The first-order valence-electron chi connectivity index (χ1n) is 5.32. The van der Waals surface area contributed by atoms with E-state index in [1.165, 1.54) is 0 Å². The van der Waals surface area contributed by atoms with Crippen LogP contribution in [0.15, 0.2) is 18.2 Å². The monoisotopic (exact) mass is 224 g/mol. The van der Waals surface area contributed by atoms with E-state index in [1.54, 1.807) is 14.2 Å². The van der Waals surface area contributed by atoms with Crippen molar-refractivity contribution < 1.29 is 9.47 Å². The first-order chi connectivity index (χ1) is 7.65. The zero-order chi connectivity index (χ0) is 12.1. The summed E-state index contributed by atoms with van der Waals surface area (Å²) in [6, 6.07) is 5.72. The van der Waals surface area contributed by atoms with Crippen LogP contribution in [-0.4, -0.2) is 14.2 Å². The van der Waals surface area contributed by atoms with Crippen LogP contribution in [0.5, 0.6) is 11.5 Å². The Morgan fingerprint density at radius 1 is 1.12 bits per heavy atom. The molecule has 4 heteroatoms. The highest BCUT2D eigenvalue weighted by Crippen LogP contribution is 2.36. The third kappa shape index (κ3) is 2.46. The predicted molar refractivity (Wildman–Crippen MR) is 64.4 cm³/mol. The molecule has 0 saturated heterocycles. The fourth-order valence-corrected chi connectivity index (χ4v) is 1.80. The molecule has 0 aromatic heterocycles. The molecule has 0 aliphatic heterocycles. The van der Waals surface area contributed by atoms with Gasteiger partial charge < -0.3 is 9.47 Å². The normalized spacial score (nSPS) is 12.6. The highest BCUT2D eigenvalue weighted by molar-refractivity contribution is 5.47. The van der Waals surface area contributed by atoms with E-state index >= 15 is 0 Å². The molecule has 1 aromatic carbocycles. The second-order valence-corrected chi connectivity index (χ2v) is 3.96. The Morgan fingerprint density at radius 2 is 1.62 bits per heavy atom. The number of ether oxygens (including phenoxy) is 2. The molecule has 0 amide bonds. The molecule has 0 bridgehead atoms. The molecular weight excluding hydrogens is 204 g/mol. The maximum Gasteiger partial charge on any atom is 0.127 e. The van der Waals surface area contributed by atoms with E-state index in [9.17, 15) is 0 Å². The van der Waals surface area contributed by atoms with E-state index in [0.29, 0.717) is 5.92 Å². The van der Waals surface area contributed by atoms with Crippen molar-refractivity contribution in [2.45, 2.75) is 19.9 Å². The van der Waals surface area contributed by atoms with Gasteiger partial charge in [0, 0.05) is 0 Å². The molecular formula is C12H20N2O2. The Kier molecular flexibility index (Phi) is 4.58. The minimum atomic E-state index is 0.00565. The molecule has 1 unspecified atom stereocenters. The van der Waals surface area contributed by atoms with Gasteiger partial charge in [0.15, 0.2) is 0 Å². The fraction of sp³-hybridized carbons (Fsp3) is 0.500. The molecule has 16 heavy (non-hydrogen) atoms. The first-order valence-corrected chi connectivity index (χ1v) is 5.32.